The Balaban J connectivity index is 1.62. The van der Waals surface area contributed by atoms with Gasteiger partial charge in [0.2, 0.25) is 0 Å². The second-order valence-corrected chi connectivity index (χ2v) is 9.59. The fourth-order valence-electron chi connectivity index (χ4n) is 5.46. The van der Waals surface area contributed by atoms with Crippen LogP contribution in [0.1, 0.15) is 42.7 Å². The number of hydrogen-bond donors (Lipinski definition) is 2. The summed E-state index contributed by atoms with van der Waals surface area (Å²) in [7, 11) is 3.02. The number of methoxy groups -OCH3 is 2. The topological polar surface area (TPSA) is 76.7 Å². The molecule has 1 aliphatic carbocycles. The summed E-state index contributed by atoms with van der Waals surface area (Å²) >= 11 is 0. The molecule has 0 spiro atoms. The number of halogens is 2. The Morgan fingerprint density at radius 2 is 1.59 bits per heavy atom. The number of carbonyl (C=O) groups excluding carboxylic acids is 2. The molecule has 1 heterocycles. The highest BCUT2D eigenvalue weighted by atomic mass is 19.1. The lowest BCUT2D eigenvalue weighted by Gasteiger charge is -2.37. The maximum atomic E-state index is 14.4. The lowest BCUT2D eigenvalue weighted by atomic mass is 9.71. The summed E-state index contributed by atoms with van der Waals surface area (Å²) in [4.78, 5) is 27.5. The number of Topliss-reactive ketones (excluding diaryl/α,β-unsaturated/α-hetero) is 1. The molecular formula is C31H28F2N2O4. The van der Waals surface area contributed by atoms with E-state index in [0.29, 0.717) is 34.8 Å². The average molecular weight is 531 g/mol. The number of ketones is 1. The number of ether oxygens (including phenoxy) is 2. The average Bonchev–Trinajstić information content (AvgIpc) is 2.94. The van der Waals surface area contributed by atoms with Gasteiger partial charge in [-0.3, -0.25) is 9.59 Å². The Morgan fingerprint density at radius 3 is 2.26 bits per heavy atom. The number of benzene rings is 3. The van der Waals surface area contributed by atoms with Gasteiger partial charge in [0.1, 0.15) is 17.3 Å². The standard InChI is InChI=1S/C31H28F2N2O4/c1-17-27(31(37)35-30-21(32)10-7-11-22(30)33)28(19-12-13-25(38-2)26(16-19)39-3)29-23(34-17)14-20(15-24(29)36)18-8-5-4-6-9-18/h4-13,16,20,28,34H,14-15H2,1-3H3,(H,35,37)/t20-,28+/m1/s1. The fourth-order valence-corrected chi connectivity index (χ4v) is 5.46. The van der Waals surface area contributed by atoms with Crippen LogP contribution in [0.4, 0.5) is 14.5 Å². The fraction of sp³-hybridized carbons (Fsp3) is 0.226. The Kier molecular flexibility index (Phi) is 7.19. The number of nitrogens with one attached hydrogen (secondary N) is 2. The van der Waals surface area contributed by atoms with Gasteiger partial charge in [0.25, 0.3) is 5.91 Å². The first kappa shape index (κ1) is 26.2. The number of para-hydroxylation sites is 1. The first-order chi connectivity index (χ1) is 18.8. The van der Waals surface area contributed by atoms with Crippen LogP contribution < -0.4 is 20.1 Å². The van der Waals surface area contributed by atoms with Gasteiger partial charge in [0.05, 0.1) is 14.2 Å². The molecule has 3 aromatic carbocycles. The first-order valence-corrected chi connectivity index (χ1v) is 12.6. The molecule has 3 aromatic rings. The van der Waals surface area contributed by atoms with Crippen LogP contribution in [0.3, 0.4) is 0 Å². The van der Waals surface area contributed by atoms with Gasteiger partial charge in [0, 0.05) is 34.9 Å². The van der Waals surface area contributed by atoms with Crippen LogP contribution >= 0.6 is 0 Å². The molecule has 2 aliphatic rings. The van der Waals surface area contributed by atoms with Crippen LogP contribution in [0.2, 0.25) is 0 Å². The largest absolute Gasteiger partial charge is 0.493 e. The van der Waals surface area contributed by atoms with E-state index in [4.69, 9.17) is 9.47 Å². The van der Waals surface area contributed by atoms with E-state index in [2.05, 4.69) is 10.6 Å². The maximum Gasteiger partial charge on any atom is 0.254 e. The smallest absolute Gasteiger partial charge is 0.254 e. The van der Waals surface area contributed by atoms with Crippen LogP contribution in [0, 0.1) is 11.6 Å². The van der Waals surface area contributed by atoms with E-state index in [1.54, 1.807) is 25.1 Å². The molecular weight excluding hydrogens is 502 g/mol. The van der Waals surface area contributed by atoms with Crippen molar-refractivity contribution in [3.63, 3.8) is 0 Å². The molecule has 0 unspecified atom stereocenters. The van der Waals surface area contributed by atoms with Gasteiger partial charge in [-0.25, -0.2) is 8.78 Å². The zero-order chi connectivity index (χ0) is 27.7. The van der Waals surface area contributed by atoms with E-state index in [0.717, 1.165) is 23.4 Å². The van der Waals surface area contributed by atoms with Crippen molar-refractivity contribution in [2.75, 3.05) is 19.5 Å². The number of carbonyl (C=O) groups is 2. The lowest BCUT2D eigenvalue weighted by Crippen LogP contribution is -2.37. The molecule has 1 amide bonds. The second-order valence-electron chi connectivity index (χ2n) is 9.59. The minimum absolute atomic E-state index is 0.0216. The molecule has 0 radical (unpaired) electrons. The molecule has 2 atom stereocenters. The van der Waals surface area contributed by atoms with Crippen LogP contribution in [-0.4, -0.2) is 25.9 Å². The van der Waals surface area contributed by atoms with Crippen LogP contribution in [0.15, 0.2) is 89.3 Å². The van der Waals surface area contributed by atoms with Crippen LogP contribution in [-0.2, 0) is 9.59 Å². The molecule has 0 fully saturated rings. The molecule has 0 saturated heterocycles. The minimum Gasteiger partial charge on any atom is -0.493 e. The zero-order valence-electron chi connectivity index (χ0n) is 21.8. The second kappa shape index (κ2) is 10.7. The summed E-state index contributed by atoms with van der Waals surface area (Å²) in [5.41, 5.74) is 2.99. The summed E-state index contributed by atoms with van der Waals surface area (Å²) in [6, 6.07) is 18.4. The number of dihydropyridines is 1. The molecule has 39 heavy (non-hydrogen) atoms. The summed E-state index contributed by atoms with van der Waals surface area (Å²) in [6.07, 6.45) is 0.841. The highest BCUT2D eigenvalue weighted by molar-refractivity contribution is 6.10. The number of rotatable bonds is 6. The number of allylic oxidation sites excluding steroid dienone is 3. The van der Waals surface area contributed by atoms with E-state index in [-0.39, 0.29) is 23.7 Å². The van der Waals surface area contributed by atoms with Crippen molar-refractivity contribution >= 4 is 17.4 Å². The molecule has 6 nitrogen and oxygen atoms in total. The summed E-state index contributed by atoms with van der Waals surface area (Å²) in [5, 5.41) is 5.68. The van der Waals surface area contributed by atoms with Gasteiger partial charge in [-0.15, -0.1) is 0 Å². The van der Waals surface area contributed by atoms with Crippen LogP contribution in [0.5, 0.6) is 11.5 Å². The third-order valence-electron chi connectivity index (χ3n) is 7.29. The van der Waals surface area contributed by atoms with Crippen molar-refractivity contribution in [3.8, 4) is 11.5 Å². The number of amides is 1. The third-order valence-corrected chi connectivity index (χ3v) is 7.29. The van der Waals surface area contributed by atoms with Gasteiger partial charge in [-0.1, -0.05) is 42.5 Å². The highest BCUT2D eigenvalue weighted by Gasteiger charge is 2.41. The molecule has 5 rings (SSSR count). The van der Waals surface area contributed by atoms with E-state index in [9.17, 15) is 18.4 Å². The maximum absolute atomic E-state index is 14.4. The van der Waals surface area contributed by atoms with E-state index in [1.807, 2.05) is 30.3 Å². The molecule has 0 saturated carbocycles. The third kappa shape index (κ3) is 4.90. The summed E-state index contributed by atoms with van der Waals surface area (Å²) < 4.78 is 39.7. The van der Waals surface area contributed by atoms with Crippen molar-refractivity contribution in [1.82, 2.24) is 5.32 Å². The van der Waals surface area contributed by atoms with E-state index >= 15 is 0 Å². The monoisotopic (exact) mass is 530 g/mol. The van der Waals surface area contributed by atoms with Gasteiger partial charge in [0.15, 0.2) is 17.3 Å². The van der Waals surface area contributed by atoms with Gasteiger partial charge in [-0.05, 0) is 54.7 Å². The van der Waals surface area contributed by atoms with Crippen LogP contribution in [0.25, 0.3) is 0 Å². The van der Waals surface area contributed by atoms with Crippen molar-refractivity contribution in [2.24, 2.45) is 0 Å². The van der Waals surface area contributed by atoms with Crippen molar-refractivity contribution in [2.45, 2.75) is 31.6 Å². The van der Waals surface area contributed by atoms with Crippen molar-refractivity contribution in [1.29, 1.82) is 0 Å². The lowest BCUT2D eigenvalue weighted by molar-refractivity contribution is -0.116. The highest BCUT2D eigenvalue weighted by Crippen LogP contribution is 2.47. The van der Waals surface area contributed by atoms with Crippen molar-refractivity contribution < 1.29 is 27.8 Å². The molecule has 200 valence electrons. The Morgan fingerprint density at radius 1 is 0.897 bits per heavy atom. The van der Waals surface area contributed by atoms with E-state index in [1.165, 1.54) is 20.3 Å². The first-order valence-electron chi connectivity index (χ1n) is 12.6. The Hall–Kier alpha value is -4.46. The normalized spacial score (nSPS) is 18.8. The number of anilines is 1. The zero-order valence-corrected chi connectivity index (χ0v) is 21.8. The molecule has 0 bridgehead atoms. The molecule has 0 aromatic heterocycles. The molecule has 2 N–H and O–H groups in total. The summed E-state index contributed by atoms with van der Waals surface area (Å²) in [5.74, 6) is -2.51. The quantitative estimate of drug-likeness (QED) is 0.410. The van der Waals surface area contributed by atoms with Crippen molar-refractivity contribution in [3.05, 3.63) is 112 Å². The summed E-state index contributed by atoms with van der Waals surface area (Å²) in [6.45, 7) is 1.72. The predicted molar refractivity (Wildman–Crippen MR) is 144 cm³/mol. The van der Waals surface area contributed by atoms with Gasteiger partial charge in [-0.2, -0.15) is 0 Å². The van der Waals surface area contributed by atoms with Gasteiger partial charge >= 0.3 is 0 Å². The van der Waals surface area contributed by atoms with Gasteiger partial charge < -0.3 is 20.1 Å². The molecule has 8 heteroatoms. The number of hydrogen-bond acceptors (Lipinski definition) is 5. The van der Waals surface area contributed by atoms with E-state index < -0.39 is 29.1 Å². The molecule has 1 aliphatic heterocycles. The SMILES string of the molecule is COc1ccc([C@H]2C(C(=O)Nc3c(F)cccc3F)=C(C)NC3=C2C(=O)C[C@H](c2ccccc2)C3)cc1OC. The Labute approximate surface area is 225 Å². The minimum atomic E-state index is -0.896. The Bertz CT molecular complexity index is 1490. The predicted octanol–water partition coefficient (Wildman–Crippen LogP) is 5.98.